The quantitative estimate of drug-likeness (QED) is 0.761. The average Bonchev–Trinajstić information content (AvgIpc) is 3.03. The molecule has 0 aliphatic carbocycles. The number of benzene rings is 1. The summed E-state index contributed by atoms with van der Waals surface area (Å²) in [4.78, 5) is 33.0. The molecule has 2 aliphatic rings. The monoisotopic (exact) mass is 344 g/mol. The molecule has 2 fully saturated rings. The summed E-state index contributed by atoms with van der Waals surface area (Å²) in [6.45, 7) is 0. The average molecular weight is 344 g/mol. The molecule has 0 radical (unpaired) electrons. The van der Waals surface area contributed by atoms with Gasteiger partial charge in [0.25, 0.3) is 11.8 Å². The number of rotatable bonds is 4. The van der Waals surface area contributed by atoms with E-state index >= 15 is 0 Å². The summed E-state index contributed by atoms with van der Waals surface area (Å²) in [6.07, 6.45) is 1.80. The molecule has 2 aliphatic heterocycles. The third-order valence-corrected chi connectivity index (χ3v) is 4.49. The molecular formula is C18H24N4O3. The number of amides is 2. The molecule has 0 aromatic heterocycles. The van der Waals surface area contributed by atoms with E-state index < -0.39 is 12.3 Å². The van der Waals surface area contributed by atoms with Crippen LogP contribution in [-0.2, 0) is 9.59 Å². The molecule has 2 saturated heterocycles. The second-order valence-electron chi connectivity index (χ2n) is 6.77. The molecule has 1 aromatic rings. The van der Waals surface area contributed by atoms with E-state index in [2.05, 4.69) is 0 Å². The highest BCUT2D eigenvalue weighted by atomic mass is 16.5. The topological polar surface area (TPSA) is 56.3 Å². The van der Waals surface area contributed by atoms with Crippen molar-refractivity contribution in [2.45, 2.75) is 18.8 Å². The summed E-state index contributed by atoms with van der Waals surface area (Å²) in [5, 5.41) is 0. The van der Waals surface area contributed by atoms with Crippen LogP contribution >= 0.6 is 0 Å². The van der Waals surface area contributed by atoms with E-state index in [0.29, 0.717) is 12.0 Å². The van der Waals surface area contributed by atoms with Crippen LogP contribution in [0.4, 0.5) is 5.69 Å². The number of hydrogen-bond donors (Lipinski definition) is 0. The van der Waals surface area contributed by atoms with E-state index in [4.69, 9.17) is 4.74 Å². The number of hydrogen-bond acceptors (Lipinski definition) is 5. The summed E-state index contributed by atoms with van der Waals surface area (Å²) < 4.78 is 5.19. The van der Waals surface area contributed by atoms with Crippen molar-refractivity contribution in [3.63, 3.8) is 0 Å². The first-order chi connectivity index (χ1) is 11.8. The van der Waals surface area contributed by atoms with Crippen LogP contribution in [0.3, 0.4) is 0 Å². The lowest BCUT2D eigenvalue weighted by atomic mass is 10.1. The lowest BCUT2D eigenvalue weighted by Crippen LogP contribution is -2.51. The zero-order chi connectivity index (χ0) is 18.3. The zero-order valence-corrected chi connectivity index (χ0v) is 15.3. The van der Waals surface area contributed by atoms with E-state index in [-0.39, 0.29) is 11.8 Å². The number of methoxy groups -OCH3 is 1. The van der Waals surface area contributed by atoms with E-state index in [1.807, 2.05) is 62.3 Å². The predicted octanol–water partition coefficient (Wildman–Crippen LogP) is 0.933. The fourth-order valence-corrected chi connectivity index (χ4v) is 3.47. The number of carbonyl (C=O) groups excluding carboxylic acids is 2. The van der Waals surface area contributed by atoms with Gasteiger partial charge in [-0.25, -0.2) is 0 Å². The van der Waals surface area contributed by atoms with Crippen molar-refractivity contribution >= 4 is 17.5 Å². The Labute approximate surface area is 148 Å². The Kier molecular flexibility index (Phi) is 4.43. The van der Waals surface area contributed by atoms with E-state index in [1.165, 1.54) is 0 Å². The molecule has 0 N–H and O–H groups in total. The van der Waals surface area contributed by atoms with Gasteiger partial charge in [-0.05, 0) is 38.4 Å². The van der Waals surface area contributed by atoms with Gasteiger partial charge in [-0.1, -0.05) is 0 Å². The largest absolute Gasteiger partial charge is 0.497 e. The van der Waals surface area contributed by atoms with Crippen molar-refractivity contribution in [3.05, 3.63) is 36.0 Å². The number of anilines is 1. The third kappa shape index (κ3) is 2.84. The zero-order valence-electron chi connectivity index (χ0n) is 15.3. The van der Waals surface area contributed by atoms with Crippen LogP contribution in [0.2, 0.25) is 0 Å². The van der Waals surface area contributed by atoms with Crippen LogP contribution in [0.1, 0.15) is 6.42 Å². The first-order valence-electron chi connectivity index (χ1n) is 8.18. The highest BCUT2D eigenvalue weighted by Crippen LogP contribution is 2.38. The summed E-state index contributed by atoms with van der Waals surface area (Å²) in [6, 6.07) is 6.87. The fourth-order valence-electron chi connectivity index (χ4n) is 3.47. The molecule has 0 bridgehead atoms. The Morgan fingerprint density at radius 1 is 1.12 bits per heavy atom. The van der Waals surface area contributed by atoms with Crippen LogP contribution in [0.15, 0.2) is 36.0 Å². The number of ether oxygens (including phenoxy) is 1. The van der Waals surface area contributed by atoms with E-state index in [1.54, 1.807) is 23.1 Å². The maximum atomic E-state index is 13.1. The Morgan fingerprint density at radius 2 is 1.76 bits per heavy atom. The van der Waals surface area contributed by atoms with E-state index in [9.17, 15) is 9.59 Å². The van der Waals surface area contributed by atoms with Crippen molar-refractivity contribution in [1.82, 2.24) is 14.7 Å². The molecule has 7 nitrogen and oxygen atoms in total. The van der Waals surface area contributed by atoms with Gasteiger partial charge in [-0.3, -0.25) is 24.3 Å². The molecule has 134 valence electrons. The number of fused-ring (bicyclic) bond motifs is 1. The van der Waals surface area contributed by atoms with Gasteiger partial charge >= 0.3 is 0 Å². The minimum absolute atomic E-state index is 0.0561. The third-order valence-electron chi connectivity index (χ3n) is 4.49. The Morgan fingerprint density at radius 3 is 2.28 bits per heavy atom. The first kappa shape index (κ1) is 17.3. The first-order valence-corrected chi connectivity index (χ1v) is 8.18. The smallest absolute Gasteiger partial charge is 0.254 e. The van der Waals surface area contributed by atoms with Crippen LogP contribution in [-0.4, -0.2) is 74.1 Å². The van der Waals surface area contributed by atoms with Gasteiger partial charge in [0.2, 0.25) is 0 Å². The summed E-state index contributed by atoms with van der Waals surface area (Å²) >= 11 is 0. The predicted molar refractivity (Wildman–Crippen MR) is 95.0 cm³/mol. The van der Waals surface area contributed by atoms with Crippen LogP contribution in [0.25, 0.3) is 0 Å². The van der Waals surface area contributed by atoms with Gasteiger partial charge in [0.05, 0.1) is 7.11 Å². The maximum absolute atomic E-state index is 13.1. The van der Waals surface area contributed by atoms with Crippen LogP contribution < -0.4 is 9.64 Å². The summed E-state index contributed by atoms with van der Waals surface area (Å²) in [5.74, 6) is 0.589. The molecular weight excluding hydrogens is 320 g/mol. The van der Waals surface area contributed by atoms with Gasteiger partial charge < -0.3 is 9.64 Å². The molecule has 3 rings (SSSR count). The van der Waals surface area contributed by atoms with Crippen LogP contribution in [0, 0.1) is 0 Å². The number of nitrogens with zero attached hydrogens (tertiary/aromatic N) is 4. The van der Waals surface area contributed by atoms with Gasteiger partial charge in [-0.15, -0.1) is 0 Å². The Hall–Kier alpha value is -2.54. The molecule has 0 saturated carbocycles. The van der Waals surface area contributed by atoms with Crippen molar-refractivity contribution in [1.29, 1.82) is 0 Å². The lowest BCUT2D eigenvalue weighted by Gasteiger charge is -2.34. The molecule has 7 heteroatoms. The molecule has 2 unspecified atom stereocenters. The number of carbonyl (C=O) groups is 2. The highest BCUT2D eigenvalue weighted by Gasteiger charge is 2.54. The van der Waals surface area contributed by atoms with Gasteiger partial charge in [0, 0.05) is 38.0 Å². The van der Waals surface area contributed by atoms with Gasteiger partial charge in [0.15, 0.2) is 6.29 Å². The second-order valence-corrected chi connectivity index (χ2v) is 6.77. The van der Waals surface area contributed by atoms with Crippen molar-refractivity contribution < 1.29 is 14.3 Å². The Balaban J connectivity index is 1.98. The van der Waals surface area contributed by atoms with Crippen molar-refractivity contribution in [2.24, 2.45) is 0 Å². The SMILES string of the molecule is COc1ccc(N2C(=O)C3C/C(=C/N(C)C)C(=O)N3C2N(C)C)cc1. The molecule has 2 atom stereocenters. The summed E-state index contributed by atoms with van der Waals surface area (Å²) in [7, 11) is 9.10. The Bertz CT molecular complexity index is 712. The molecule has 2 amide bonds. The minimum atomic E-state index is -0.451. The molecule has 0 spiro atoms. The lowest BCUT2D eigenvalue weighted by molar-refractivity contribution is -0.131. The molecule has 25 heavy (non-hydrogen) atoms. The molecule has 1 aromatic carbocycles. The van der Waals surface area contributed by atoms with E-state index in [0.717, 1.165) is 11.4 Å². The summed E-state index contributed by atoms with van der Waals surface area (Å²) in [5.41, 5.74) is 1.43. The van der Waals surface area contributed by atoms with Crippen molar-refractivity contribution in [3.8, 4) is 5.75 Å². The van der Waals surface area contributed by atoms with Gasteiger partial charge in [0.1, 0.15) is 11.8 Å². The van der Waals surface area contributed by atoms with Crippen molar-refractivity contribution in [2.75, 3.05) is 40.2 Å². The molecule has 2 heterocycles. The van der Waals surface area contributed by atoms with Crippen LogP contribution in [0.5, 0.6) is 5.75 Å². The maximum Gasteiger partial charge on any atom is 0.254 e. The standard InChI is InChI=1S/C18H24N4O3/c1-19(2)11-12-10-15-17(24)21(13-6-8-14(25-5)9-7-13)18(20(3)4)22(15)16(12)23/h6-9,11,15,18H,10H2,1-5H3/b12-11-. The second kappa shape index (κ2) is 6.40. The van der Waals surface area contributed by atoms with Gasteiger partial charge in [-0.2, -0.15) is 0 Å². The normalized spacial score (nSPS) is 24.5. The minimum Gasteiger partial charge on any atom is -0.497 e. The fraction of sp³-hybridized carbons (Fsp3) is 0.444. The highest BCUT2D eigenvalue weighted by molar-refractivity contribution is 6.09.